The highest BCUT2D eigenvalue weighted by Gasteiger charge is 2.54. The number of alkyl carbamates (subject to hydrolysis) is 1. The fraction of sp³-hybridized carbons (Fsp3) is 0.556. The first-order valence-electron chi connectivity index (χ1n) is 8.97. The third kappa shape index (κ3) is 3.75. The SMILES string of the molecule is O=C1NC2(CO1)CC(C(=O)N1CC(OCc3ccc(C(F)(F)F)c(Cl)c3F)C1)C2. The molecule has 0 bridgehead atoms. The zero-order chi connectivity index (χ0) is 21.0. The maximum absolute atomic E-state index is 14.1. The molecule has 29 heavy (non-hydrogen) atoms. The van der Waals surface area contributed by atoms with Crippen molar-refractivity contribution in [2.45, 2.75) is 37.3 Å². The number of carbonyl (C=O) groups is 2. The first-order valence-corrected chi connectivity index (χ1v) is 9.35. The Morgan fingerprint density at radius 2 is 2.03 bits per heavy atom. The van der Waals surface area contributed by atoms with Gasteiger partial charge >= 0.3 is 12.3 Å². The van der Waals surface area contributed by atoms with E-state index >= 15 is 0 Å². The van der Waals surface area contributed by atoms with Gasteiger partial charge in [-0.1, -0.05) is 17.7 Å². The summed E-state index contributed by atoms with van der Waals surface area (Å²) in [6.45, 7) is 0.664. The van der Waals surface area contributed by atoms with Crippen molar-refractivity contribution in [1.82, 2.24) is 10.2 Å². The number of hydrogen-bond acceptors (Lipinski definition) is 4. The van der Waals surface area contributed by atoms with Crippen LogP contribution in [-0.4, -0.2) is 48.2 Å². The summed E-state index contributed by atoms with van der Waals surface area (Å²) >= 11 is 5.49. The second-order valence-corrected chi connectivity index (χ2v) is 8.04. The van der Waals surface area contributed by atoms with Crippen molar-refractivity contribution in [3.8, 4) is 0 Å². The van der Waals surface area contributed by atoms with Crippen LogP contribution in [0.1, 0.15) is 24.0 Å². The summed E-state index contributed by atoms with van der Waals surface area (Å²) in [7, 11) is 0. The largest absolute Gasteiger partial charge is 0.447 e. The Labute approximate surface area is 168 Å². The van der Waals surface area contributed by atoms with Gasteiger partial charge in [0.25, 0.3) is 0 Å². The summed E-state index contributed by atoms with van der Waals surface area (Å²) in [6.07, 6.45) is -4.49. The molecule has 2 saturated heterocycles. The topological polar surface area (TPSA) is 67.9 Å². The van der Waals surface area contributed by atoms with Crippen LogP contribution in [0.25, 0.3) is 0 Å². The number of ether oxygens (including phenoxy) is 2. The fourth-order valence-electron chi connectivity index (χ4n) is 3.88. The molecule has 1 spiro atoms. The number of amides is 2. The van der Waals surface area contributed by atoms with E-state index in [1.54, 1.807) is 4.90 Å². The van der Waals surface area contributed by atoms with Crippen molar-refractivity contribution in [1.29, 1.82) is 0 Å². The van der Waals surface area contributed by atoms with E-state index in [2.05, 4.69) is 5.32 Å². The van der Waals surface area contributed by atoms with Crippen molar-refractivity contribution in [3.63, 3.8) is 0 Å². The summed E-state index contributed by atoms with van der Waals surface area (Å²) in [6, 6.07) is 1.72. The van der Waals surface area contributed by atoms with Crippen LogP contribution >= 0.6 is 11.6 Å². The van der Waals surface area contributed by atoms with Crippen LogP contribution in [0, 0.1) is 11.7 Å². The maximum Gasteiger partial charge on any atom is 0.417 e. The zero-order valence-corrected chi connectivity index (χ0v) is 15.8. The highest BCUT2D eigenvalue weighted by atomic mass is 35.5. The minimum absolute atomic E-state index is 0.0413. The molecule has 0 radical (unpaired) electrons. The Morgan fingerprint density at radius 1 is 1.34 bits per heavy atom. The molecule has 2 heterocycles. The lowest BCUT2D eigenvalue weighted by molar-refractivity contribution is -0.155. The van der Waals surface area contributed by atoms with Crippen molar-refractivity contribution in [2.75, 3.05) is 19.7 Å². The quantitative estimate of drug-likeness (QED) is 0.736. The van der Waals surface area contributed by atoms with Crippen LogP contribution in [0.4, 0.5) is 22.4 Å². The standard InChI is InChI=1S/C18H17ClF4N2O4/c19-13-12(18(21,22)23)2-1-9(14(13)20)7-28-11-5-25(6-11)15(26)10-3-17(4-10)8-29-16(27)24-17/h1-2,10-11H,3-8H2,(H,24,27). The third-order valence-corrected chi connectivity index (χ3v) is 5.94. The van der Waals surface area contributed by atoms with Gasteiger partial charge in [0.1, 0.15) is 12.4 Å². The van der Waals surface area contributed by atoms with Gasteiger partial charge in [0, 0.05) is 24.6 Å². The number of nitrogens with zero attached hydrogens (tertiary/aromatic N) is 1. The Kier molecular flexibility index (Phi) is 4.89. The van der Waals surface area contributed by atoms with E-state index in [9.17, 15) is 27.2 Å². The first-order chi connectivity index (χ1) is 13.6. The molecule has 1 N–H and O–H groups in total. The van der Waals surface area contributed by atoms with Gasteiger partial charge < -0.3 is 19.7 Å². The highest BCUT2D eigenvalue weighted by Crippen LogP contribution is 2.42. The van der Waals surface area contributed by atoms with E-state index in [1.807, 2.05) is 0 Å². The summed E-state index contributed by atoms with van der Waals surface area (Å²) < 4.78 is 62.6. The molecule has 1 saturated carbocycles. The van der Waals surface area contributed by atoms with Gasteiger partial charge in [-0.05, 0) is 18.9 Å². The summed E-state index contributed by atoms with van der Waals surface area (Å²) in [4.78, 5) is 25.2. The third-order valence-electron chi connectivity index (χ3n) is 5.57. The molecule has 158 valence electrons. The lowest BCUT2D eigenvalue weighted by Crippen LogP contribution is -2.62. The van der Waals surface area contributed by atoms with Crippen LogP contribution in [0.2, 0.25) is 5.02 Å². The van der Waals surface area contributed by atoms with Crippen LogP contribution in [0.3, 0.4) is 0 Å². The number of rotatable bonds is 4. The van der Waals surface area contributed by atoms with Crippen molar-refractivity contribution < 1.29 is 36.6 Å². The van der Waals surface area contributed by atoms with Crippen molar-refractivity contribution >= 4 is 23.6 Å². The average Bonchev–Trinajstić information content (AvgIpc) is 2.96. The number of likely N-dealkylation sites (tertiary alicyclic amines) is 1. The van der Waals surface area contributed by atoms with Gasteiger partial charge in [-0.25, -0.2) is 9.18 Å². The van der Waals surface area contributed by atoms with E-state index in [-0.39, 0.29) is 36.7 Å². The molecule has 3 aliphatic rings. The van der Waals surface area contributed by atoms with Crippen molar-refractivity contribution in [3.05, 3.63) is 34.1 Å². The van der Waals surface area contributed by atoms with Gasteiger partial charge in [-0.2, -0.15) is 13.2 Å². The van der Waals surface area contributed by atoms with Crippen LogP contribution < -0.4 is 5.32 Å². The zero-order valence-electron chi connectivity index (χ0n) is 15.0. The molecule has 1 aromatic rings. The molecule has 2 aliphatic heterocycles. The van der Waals surface area contributed by atoms with E-state index in [4.69, 9.17) is 21.1 Å². The average molecular weight is 437 g/mol. The Bertz CT molecular complexity index is 851. The van der Waals surface area contributed by atoms with E-state index in [1.165, 1.54) is 0 Å². The Hall–Kier alpha value is -2.07. The normalized spacial score (nSPS) is 26.7. The predicted octanol–water partition coefficient (Wildman–Crippen LogP) is 3.11. The number of halogens is 5. The lowest BCUT2D eigenvalue weighted by Gasteiger charge is -2.47. The van der Waals surface area contributed by atoms with Gasteiger partial charge in [0.2, 0.25) is 5.91 Å². The summed E-state index contributed by atoms with van der Waals surface area (Å²) in [5.41, 5.74) is -1.74. The summed E-state index contributed by atoms with van der Waals surface area (Å²) in [5.74, 6) is -1.39. The van der Waals surface area contributed by atoms with Crippen LogP contribution in [-0.2, 0) is 27.1 Å². The number of carbonyl (C=O) groups excluding carboxylic acids is 2. The van der Waals surface area contributed by atoms with Gasteiger partial charge in [-0.3, -0.25) is 4.79 Å². The molecule has 3 fully saturated rings. The summed E-state index contributed by atoms with van der Waals surface area (Å²) in [5, 5.41) is 1.74. The monoisotopic (exact) mass is 436 g/mol. The molecule has 1 aromatic carbocycles. The van der Waals surface area contributed by atoms with E-state index in [0.717, 1.165) is 12.1 Å². The minimum atomic E-state index is -4.74. The Morgan fingerprint density at radius 3 is 2.62 bits per heavy atom. The molecular formula is C18H17ClF4N2O4. The minimum Gasteiger partial charge on any atom is -0.447 e. The molecular weight excluding hydrogens is 420 g/mol. The number of alkyl halides is 3. The number of nitrogens with one attached hydrogen (secondary N) is 1. The van der Waals surface area contributed by atoms with Gasteiger partial charge in [0.15, 0.2) is 0 Å². The maximum atomic E-state index is 14.1. The van der Waals surface area contributed by atoms with Crippen molar-refractivity contribution in [2.24, 2.45) is 5.92 Å². The van der Waals surface area contributed by atoms with Gasteiger partial charge in [-0.15, -0.1) is 0 Å². The number of hydrogen-bond donors (Lipinski definition) is 1. The molecule has 4 rings (SSSR count). The first kappa shape index (κ1) is 20.2. The number of cyclic esters (lactones) is 1. The lowest BCUT2D eigenvalue weighted by atomic mass is 9.68. The molecule has 1 aliphatic carbocycles. The van der Waals surface area contributed by atoms with E-state index in [0.29, 0.717) is 25.9 Å². The fourth-order valence-corrected chi connectivity index (χ4v) is 4.17. The molecule has 0 aromatic heterocycles. The highest BCUT2D eigenvalue weighted by molar-refractivity contribution is 6.31. The smallest absolute Gasteiger partial charge is 0.417 e. The molecule has 2 amide bonds. The second kappa shape index (κ2) is 7.02. The van der Waals surface area contributed by atoms with Crippen LogP contribution in [0.15, 0.2) is 12.1 Å². The molecule has 6 nitrogen and oxygen atoms in total. The van der Waals surface area contributed by atoms with E-state index < -0.39 is 34.2 Å². The molecule has 0 unspecified atom stereocenters. The van der Waals surface area contributed by atoms with Gasteiger partial charge in [0.05, 0.1) is 28.8 Å². The second-order valence-electron chi connectivity index (χ2n) is 7.66. The Balaban J connectivity index is 1.24. The predicted molar refractivity (Wildman–Crippen MR) is 91.5 cm³/mol. The molecule has 11 heteroatoms. The van der Waals surface area contributed by atoms with Crippen LogP contribution in [0.5, 0.6) is 0 Å². The molecule has 0 atom stereocenters. The number of benzene rings is 1.